The maximum absolute atomic E-state index is 13.8. The number of anilines is 2. The summed E-state index contributed by atoms with van der Waals surface area (Å²) in [6.07, 6.45) is 0.793. The van der Waals surface area contributed by atoms with Crippen LogP contribution in [0.5, 0.6) is 11.5 Å². The second kappa shape index (κ2) is 9.73. The monoisotopic (exact) mass is 396 g/mol. The summed E-state index contributed by atoms with van der Waals surface area (Å²) in [4.78, 5) is 8.84. The molecule has 0 radical (unpaired) electrons. The maximum atomic E-state index is 13.8. The molecule has 7 heteroatoms. The third-order valence-corrected chi connectivity index (χ3v) is 4.42. The van der Waals surface area contributed by atoms with Gasteiger partial charge in [-0.25, -0.2) is 9.37 Å². The van der Waals surface area contributed by atoms with Crippen molar-refractivity contribution in [2.75, 3.05) is 31.4 Å². The van der Waals surface area contributed by atoms with Crippen LogP contribution in [0, 0.1) is 12.7 Å². The minimum absolute atomic E-state index is 0.249. The molecule has 6 nitrogen and oxygen atoms in total. The van der Waals surface area contributed by atoms with Crippen LogP contribution < -0.4 is 20.1 Å². The first-order valence-corrected chi connectivity index (χ1v) is 9.37. The van der Waals surface area contributed by atoms with Crippen molar-refractivity contribution < 1.29 is 13.9 Å². The summed E-state index contributed by atoms with van der Waals surface area (Å²) < 4.78 is 24.4. The number of aryl methyl sites for hydroxylation is 1. The number of aromatic nitrogens is 2. The van der Waals surface area contributed by atoms with E-state index in [4.69, 9.17) is 9.47 Å². The number of ether oxygens (including phenoxy) is 2. The Balaban J connectivity index is 1.59. The van der Waals surface area contributed by atoms with Crippen molar-refractivity contribution in [1.82, 2.24) is 9.97 Å². The number of hydrogen-bond donors (Lipinski definition) is 2. The van der Waals surface area contributed by atoms with Gasteiger partial charge in [-0.05, 0) is 37.1 Å². The molecule has 152 valence electrons. The highest BCUT2D eigenvalue weighted by molar-refractivity contribution is 5.45. The second-order valence-corrected chi connectivity index (χ2v) is 6.53. The lowest BCUT2D eigenvalue weighted by atomic mass is 10.1. The lowest BCUT2D eigenvalue weighted by molar-refractivity contribution is 0.354. The molecule has 1 heterocycles. The molecule has 3 aromatic rings. The lowest BCUT2D eigenvalue weighted by Gasteiger charge is -2.12. The topological polar surface area (TPSA) is 68.3 Å². The van der Waals surface area contributed by atoms with E-state index >= 15 is 0 Å². The van der Waals surface area contributed by atoms with Gasteiger partial charge in [0.05, 0.1) is 14.2 Å². The Morgan fingerprint density at radius 3 is 2.48 bits per heavy atom. The summed E-state index contributed by atoms with van der Waals surface area (Å²) in [5.41, 5.74) is 2.52. The SMILES string of the molecule is COc1ccc(CCNc2cc(C)nc(NCc3ccccc3F)n2)cc1OC. The molecular formula is C22H25FN4O2. The zero-order valence-electron chi connectivity index (χ0n) is 16.8. The van der Waals surface area contributed by atoms with Crippen molar-refractivity contribution in [3.05, 3.63) is 71.2 Å². The number of benzene rings is 2. The fourth-order valence-corrected chi connectivity index (χ4v) is 2.93. The highest BCUT2D eigenvalue weighted by Gasteiger charge is 2.07. The Bertz CT molecular complexity index is 965. The molecule has 0 saturated heterocycles. The number of methoxy groups -OCH3 is 2. The Hall–Kier alpha value is -3.35. The molecule has 0 aliphatic carbocycles. The molecule has 0 unspecified atom stereocenters. The van der Waals surface area contributed by atoms with Gasteiger partial charge in [-0.3, -0.25) is 0 Å². The van der Waals surface area contributed by atoms with Crippen LogP contribution in [-0.2, 0) is 13.0 Å². The first-order valence-electron chi connectivity index (χ1n) is 9.37. The van der Waals surface area contributed by atoms with Crippen molar-refractivity contribution in [1.29, 1.82) is 0 Å². The largest absolute Gasteiger partial charge is 0.493 e. The number of rotatable bonds is 9. The molecule has 29 heavy (non-hydrogen) atoms. The van der Waals surface area contributed by atoms with E-state index in [-0.39, 0.29) is 5.82 Å². The molecule has 0 saturated carbocycles. The summed E-state index contributed by atoms with van der Waals surface area (Å²) in [5.74, 6) is 2.35. The fourth-order valence-electron chi connectivity index (χ4n) is 2.93. The summed E-state index contributed by atoms with van der Waals surface area (Å²) in [5, 5.41) is 6.40. The Morgan fingerprint density at radius 1 is 0.931 bits per heavy atom. The highest BCUT2D eigenvalue weighted by Crippen LogP contribution is 2.27. The molecule has 3 rings (SSSR count). The van der Waals surface area contributed by atoms with Crippen LogP contribution in [-0.4, -0.2) is 30.7 Å². The highest BCUT2D eigenvalue weighted by atomic mass is 19.1. The number of nitrogens with one attached hydrogen (secondary N) is 2. The predicted octanol–water partition coefficient (Wildman–Crippen LogP) is 4.21. The van der Waals surface area contributed by atoms with Crippen LogP contribution in [0.1, 0.15) is 16.8 Å². The van der Waals surface area contributed by atoms with Crippen LogP contribution in [0.15, 0.2) is 48.5 Å². The van der Waals surface area contributed by atoms with E-state index in [1.165, 1.54) is 6.07 Å². The zero-order valence-corrected chi connectivity index (χ0v) is 16.8. The molecule has 2 aromatic carbocycles. The summed E-state index contributed by atoms with van der Waals surface area (Å²) in [6.45, 7) is 2.91. The van der Waals surface area contributed by atoms with Gasteiger partial charge in [0.15, 0.2) is 11.5 Å². The third kappa shape index (κ3) is 5.57. The van der Waals surface area contributed by atoms with E-state index in [1.807, 2.05) is 31.2 Å². The third-order valence-electron chi connectivity index (χ3n) is 4.42. The molecule has 0 bridgehead atoms. The van der Waals surface area contributed by atoms with Crippen LogP contribution in [0.25, 0.3) is 0 Å². The van der Waals surface area contributed by atoms with E-state index in [0.29, 0.717) is 41.9 Å². The molecule has 0 aliphatic heterocycles. The van der Waals surface area contributed by atoms with E-state index in [9.17, 15) is 4.39 Å². The van der Waals surface area contributed by atoms with Crippen LogP contribution >= 0.6 is 0 Å². The fraction of sp³-hybridized carbons (Fsp3) is 0.273. The van der Waals surface area contributed by atoms with Gasteiger partial charge >= 0.3 is 0 Å². The number of hydrogen-bond acceptors (Lipinski definition) is 6. The van der Waals surface area contributed by atoms with Gasteiger partial charge in [-0.15, -0.1) is 0 Å². The molecule has 0 spiro atoms. The van der Waals surface area contributed by atoms with Gasteiger partial charge in [0.2, 0.25) is 5.95 Å². The summed E-state index contributed by atoms with van der Waals surface area (Å²) >= 11 is 0. The van der Waals surface area contributed by atoms with Gasteiger partial charge in [0, 0.05) is 30.4 Å². The molecule has 0 atom stereocenters. The van der Waals surface area contributed by atoms with Crippen molar-refractivity contribution >= 4 is 11.8 Å². The Labute approximate surface area is 170 Å². The normalized spacial score (nSPS) is 10.5. The summed E-state index contributed by atoms with van der Waals surface area (Å²) in [6, 6.07) is 14.4. The maximum Gasteiger partial charge on any atom is 0.225 e. The average Bonchev–Trinajstić information content (AvgIpc) is 2.72. The molecule has 1 aromatic heterocycles. The quantitative estimate of drug-likeness (QED) is 0.565. The van der Waals surface area contributed by atoms with E-state index in [2.05, 4.69) is 20.6 Å². The van der Waals surface area contributed by atoms with Crippen molar-refractivity contribution in [2.24, 2.45) is 0 Å². The van der Waals surface area contributed by atoms with E-state index in [1.54, 1.807) is 32.4 Å². The van der Waals surface area contributed by atoms with Gasteiger partial charge in [-0.2, -0.15) is 4.98 Å². The predicted molar refractivity (Wildman–Crippen MR) is 112 cm³/mol. The van der Waals surface area contributed by atoms with Gasteiger partial charge < -0.3 is 20.1 Å². The molecule has 2 N–H and O–H groups in total. The van der Waals surface area contributed by atoms with Crippen LogP contribution in [0.4, 0.5) is 16.2 Å². The number of nitrogens with zero attached hydrogens (tertiary/aromatic N) is 2. The molecular weight excluding hydrogens is 371 g/mol. The average molecular weight is 396 g/mol. The Kier molecular flexibility index (Phi) is 6.84. The smallest absolute Gasteiger partial charge is 0.225 e. The summed E-state index contributed by atoms with van der Waals surface area (Å²) in [7, 11) is 3.24. The Morgan fingerprint density at radius 2 is 1.72 bits per heavy atom. The van der Waals surface area contributed by atoms with E-state index in [0.717, 1.165) is 17.7 Å². The number of halogens is 1. The van der Waals surface area contributed by atoms with Gasteiger partial charge in [0.1, 0.15) is 11.6 Å². The zero-order chi connectivity index (χ0) is 20.6. The standard InChI is InChI=1S/C22H25FN4O2/c1-15-12-21(24-11-10-16-8-9-19(28-2)20(13-16)29-3)27-22(26-15)25-14-17-6-4-5-7-18(17)23/h4-9,12-13H,10-11,14H2,1-3H3,(H2,24,25,26,27). The lowest BCUT2D eigenvalue weighted by Crippen LogP contribution is -2.10. The molecule has 0 aliphatic rings. The van der Waals surface area contributed by atoms with Crippen LogP contribution in [0.3, 0.4) is 0 Å². The van der Waals surface area contributed by atoms with Gasteiger partial charge in [-0.1, -0.05) is 24.3 Å². The van der Waals surface area contributed by atoms with Crippen molar-refractivity contribution in [2.45, 2.75) is 19.9 Å². The first kappa shape index (κ1) is 20.4. The van der Waals surface area contributed by atoms with E-state index < -0.39 is 0 Å². The van der Waals surface area contributed by atoms with Crippen LogP contribution in [0.2, 0.25) is 0 Å². The van der Waals surface area contributed by atoms with Gasteiger partial charge in [0.25, 0.3) is 0 Å². The van der Waals surface area contributed by atoms with Crippen molar-refractivity contribution in [3.8, 4) is 11.5 Å². The van der Waals surface area contributed by atoms with Crippen molar-refractivity contribution in [3.63, 3.8) is 0 Å². The molecule has 0 amide bonds. The minimum atomic E-state index is -0.249. The minimum Gasteiger partial charge on any atom is -0.493 e. The first-order chi connectivity index (χ1) is 14.1. The second-order valence-electron chi connectivity index (χ2n) is 6.53. The molecule has 0 fully saturated rings.